The first-order valence-electron chi connectivity index (χ1n) is 2.88. The molecule has 0 aliphatic heterocycles. The van der Waals surface area contributed by atoms with Crippen LogP contribution in [0.15, 0.2) is 4.42 Å². The first-order chi connectivity index (χ1) is 4.13. The SMILES string of the molecule is Cc1oc(O)c(C)c1C. The highest BCUT2D eigenvalue weighted by Crippen LogP contribution is 2.25. The Hall–Kier alpha value is -0.920. The first-order valence-corrected chi connectivity index (χ1v) is 2.88. The fourth-order valence-corrected chi connectivity index (χ4v) is 0.723. The van der Waals surface area contributed by atoms with Crippen molar-refractivity contribution < 1.29 is 9.52 Å². The molecular formula is C7H10O2. The lowest BCUT2D eigenvalue weighted by molar-refractivity contribution is 0.321. The van der Waals surface area contributed by atoms with Gasteiger partial charge in [0.05, 0.1) is 0 Å². The molecule has 2 nitrogen and oxygen atoms in total. The quantitative estimate of drug-likeness (QED) is 0.576. The summed E-state index contributed by atoms with van der Waals surface area (Å²) in [5.74, 6) is 0.843. The van der Waals surface area contributed by atoms with Crippen LogP contribution < -0.4 is 0 Å². The molecule has 0 spiro atoms. The zero-order valence-electron chi connectivity index (χ0n) is 5.86. The third kappa shape index (κ3) is 0.803. The Bertz CT molecular complexity index is 201. The minimum Gasteiger partial charge on any atom is -0.481 e. The smallest absolute Gasteiger partial charge is 0.285 e. The molecule has 1 aromatic heterocycles. The Balaban J connectivity index is 3.29. The summed E-state index contributed by atoms with van der Waals surface area (Å²) in [5, 5.41) is 8.95. The molecule has 0 saturated heterocycles. The number of rotatable bonds is 0. The van der Waals surface area contributed by atoms with E-state index in [1.807, 2.05) is 20.8 Å². The topological polar surface area (TPSA) is 33.4 Å². The largest absolute Gasteiger partial charge is 0.481 e. The summed E-state index contributed by atoms with van der Waals surface area (Å²) in [6, 6.07) is 0. The van der Waals surface area contributed by atoms with Crippen LogP contribution in [0.3, 0.4) is 0 Å². The molecule has 0 aliphatic carbocycles. The number of aromatic hydroxyl groups is 1. The van der Waals surface area contributed by atoms with Gasteiger partial charge >= 0.3 is 0 Å². The van der Waals surface area contributed by atoms with Gasteiger partial charge in [-0.15, -0.1) is 0 Å². The van der Waals surface area contributed by atoms with Crippen molar-refractivity contribution in [1.29, 1.82) is 0 Å². The van der Waals surface area contributed by atoms with Crippen molar-refractivity contribution in [2.24, 2.45) is 0 Å². The monoisotopic (exact) mass is 126 g/mol. The summed E-state index contributed by atoms with van der Waals surface area (Å²) in [6.45, 7) is 5.59. The van der Waals surface area contributed by atoms with E-state index in [4.69, 9.17) is 9.52 Å². The van der Waals surface area contributed by atoms with Crippen LogP contribution in [0.2, 0.25) is 0 Å². The van der Waals surface area contributed by atoms with Crippen LogP contribution >= 0.6 is 0 Å². The average Bonchev–Trinajstić information content (AvgIpc) is 1.98. The Morgan fingerprint density at radius 2 is 1.67 bits per heavy atom. The van der Waals surface area contributed by atoms with Crippen molar-refractivity contribution in [2.75, 3.05) is 0 Å². The highest BCUT2D eigenvalue weighted by molar-refractivity contribution is 5.33. The molecule has 0 saturated carbocycles. The van der Waals surface area contributed by atoms with E-state index < -0.39 is 0 Å². The van der Waals surface area contributed by atoms with E-state index >= 15 is 0 Å². The molecular weight excluding hydrogens is 116 g/mol. The zero-order valence-corrected chi connectivity index (χ0v) is 5.86. The summed E-state index contributed by atoms with van der Waals surface area (Å²) in [4.78, 5) is 0. The van der Waals surface area contributed by atoms with E-state index in [9.17, 15) is 0 Å². The third-order valence-corrected chi connectivity index (χ3v) is 1.66. The van der Waals surface area contributed by atoms with Crippen LogP contribution in [-0.2, 0) is 0 Å². The Morgan fingerprint density at radius 3 is 1.78 bits per heavy atom. The molecule has 1 N–H and O–H groups in total. The standard InChI is InChI=1S/C7H10O2/c1-4-5(2)7(8)9-6(4)3/h8H,1-3H3. The maximum atomic E-state index is 8.95. The minimum absolute atomic E-state index is 0.0463. The van der Waals surface area contributed by atoms with Crippen molar-refractivity contribution in [3.63, 3.8) is 0 Å². The second-order valence-corrected chi connectivity index (χ2v) is 2.21. The van der Waals surface area contributed by atoms with E-state index in [0.29, 0.717) is 0 Å². The summed E-state index contributed by atoms with van der Waals surface area (Å²) in [6.07, 6.45) is 0. The van der Waals surface area contributed by atoms with E-state index in [0.717, 1.165) is 16.9 Å². The van der Waals surface area contributed by atoms with Crippen molar-refractivity contribution in [1.82, 2.24) is 0 Å². The fraction of sp³-hybridized carbons (Fsp3) is 0.429. The van der Waals surface area contributed by atoms with Gasteiger partial charge in [-0.25, -0.2) is 0 Å². The molecule has 9 heavy (non-hydrogen) atoms. The Morgan fingerprint density at radius 1 is 1.11 bits per heavy atom. The second kappa shape index (κ2) is 1.79. The average molecular weight is 126 g/mol. The van der Waals surface area contributed by atoms with Gasteiger partial charge in [0, 0.05) is 5.56 Å². The molecule has 0 aromatic carbocycles. The van der Waals surface area contributed by atoms with E-state index in [1.54, 1.807) is 0 Å². The van der Waals surface area contributed by atoms with Gasteiger partial charge in [-0.3, -0.25) is 0 Å². The van der Waals surface area contributed by atoms with Crippen molar-refractivity contribution in [3.05, 3.63) is 16.9 Å². The maximum absolute atomic E-state index is 8.95. The summed E-state index contributed by atoms with van der Waals surface area (Å²) >= 11 is 0. The molecule has 2 heteroatoms. The van der Waals surface area contributed by atoms with Crippen LogP contribution in [0, 0.1) is 20.8 Å². The van der Waals surface area contributed by atoms with Crippen LogP contribution in [0.25, 0.3) is 0 Å². The maximum Gasteiger partial charge on any atom is 0.285 e. The van der Waals surface area contributed by atoms with Crippen molar-refractivity contribution in [3.8, 4) is 5.95 Å². The van der Waals surface area contributed by atoms with E-state index in [-0.39, 0.29) is 5.95 Å². The molecule has 0 aliphatic rings. The number of hydrogen-bond donors (Lipinski definition) is 1. The Kier molecular flexibility index (Phi) is 1.24. The van der Waals surface area contributed by atoms with Gasteiger partial charge in [-0.1, -0.05) is 0 Å². The van der Waals surface area contributed by atoms with Crippen molar-refractivity contribution >= 4 is 0 Å². The predicted octanol–water partition coefficient (Wildman–Crippen LogP) is 1.91. The molecule has 1 rings (SSSR count). The van der Waals surface area contributed by atoms with Gasteiger partial charge in [-0.2, -0.15) is 0 Å². The molecule has 0 fully saturated rings. The highest BCUT2D eigenvalue weighted by Gasteiger charge is 2.07. The third-order valence-electron chi connectivity index (χ3n) is 1.66. The molecule has 1 heterocycles. The van der Waals surface area contributed by atoms with Gasteiger partial charge < -0.3 is 9.52 Å². The molecule has 0 radical (unpaired) electrons. The molecule has 0 amide bonds. The molecule has 0 unspecified atom stereocenters. The normalized spacial score (nSPS) is 10.1. The lowest BCUT2D eigenvalue weighted by atomic mass is 10.2. The molecule has 0 atom stereocenters. The summed E-state index contributed by atoms with van der Waals surface area (Å²) in [5.41, 5.74) is 1.88. The second-order valence-electron chi connectivity index (χ2n) is 2.21. The van der Waals surface area contributed by atoms with Gasteiger partial charge in [0.1, 0.15) is 5.76 Å². The van der Waals surface area contributed by atoms with Gasteiger partial charge in [0.25, 0.3) is 5.95 Å². The molecule has 1 aromatic rings. The summed E-state index contributed by atoms with van der Waals surface area (Å²) < 4.78 is 4.90. The van der Waals surface area contributed by atoms with E-state index in [1.165, 1.54) is 0 Å². The predicted molar refractivity (Wildman–Crippen MR) is 34.6 cm³/mol. The van der Waals surface area contributed by atoms with Crippen LogP contribution in [0.1, 0.15) is 16.9 Å². The van der Waals surface area contributed by atoms with Gasteiger partial charge in [0.2, 0.25) is 0 Å². The summed E-state index contributed by atoms with van der Waals surface area (Å²) in [7, 11) is 0. The van der Waals surface area contributed by atoms with E-state index in [2.05, 4.69) is 0 Å². The van der Waals surface area contributed by atoms with Gasteiger partial charge in [0.15, 0.2) is 0 Å². The van der Waals surface area contributed by atoms with Crippen LogP contribution in [0.5, 0.6) is 5.95 Å². The zero-order chi connectivity index (χ0) is 7.02. The van der Waals surface area contributed by atoms with Gasteiger partial charge in [-0.05, 0) is 26.3 Å². The number of hydrogen-bond acceptors (Lipinski definition) is 2. The van der Waals surface area contributed by atoms with Crippen LogP contribution in [-0.4, -0.2) is 5.11 Å². The van der Waals surface area contributed by atoms with Crippen molar-refractivity contribution in [2.45, 2.75) is 20.8 Å². The number of aryl methyl sites for hydroxylation is 1. The molecule has 50 valence electrons. The lowest BCUT2D eigenvalue weighted by Crippen LogP contribution is -1.72. The van der Waals surface area contributed by atoms with Crippen LogP contribution in [0.4, 0.5) is 0 Å². The minimum atomic E-state index is 0.0463. The molecule has 0 bridgehead atoms. The number of furan rings is 1. The lowest BCUT2D eigenvalue weighted by Gasteiger charge is -1.83. The highest BCUT2D eigenvalue weighted by atomic mass is 16.5. The Labute approximate surface area is 54.1 Å². The first kappa shape index (κ1) is 6.20. The fourth-order valence-electron chi connectivity index (χ4n) is 0.723.